The highest BCUT2D eigenvalue weighted by atomic mass is 16.5. The zero-order chi connectivity index (χ0) is 7.28. The van der Waals surface area contributed by atoms with Crippen LogP contribution in [0.1, 0.15) is 13.3 Å². The summed E-state index contributed by atoms with van der Waals surface area (Å²) in [5.74, 6) is 0. The number of nitrogens with zero attached hydrogens (tertiary/aromatic N) is 1. The quantitative estimate of drug-likeness (QED) is 0.312. The largest absolute Gasteiger partial charge is 0.396 e. The number of amides is 1. The fourth-order valence-corrected chi connectivity index (χ4v) is 0.423. The van der Waals surface area contributed by atoms with Gasteiger partial charge >= 0.3 is 0 Å². The van der Waals surface area contributed by atoms with Crippen molar-refractivity contribution in [1.82, 2.24) is 5.06 Å². The first kappa shape index (κ1) is 8.39. The highest BCUT2D eigenvalue weighted by Gasteiger charge is 2.06. The molecule has 0 rings (SSSR count). The summed E-state index contributed by atoms with van der Waals surface area (Å²) >= 11 is 0. The van der Waals surface area contributed by atoms with E-state index in [1.807, 2.05) is 0 Å². The molecule has 0 aliphatic heterocycles. The molecular weight excluding hydrogens is 122 g/mol. The number of aliphatic hydroxyl groups is 1. The predicted molar refractivity (Wildman–Crippen MR) is 30.9 cm³/mol. The maximum absolute atomic E-state index is 9.82. The molecule has 0 aromatic rings. The van der Waals surface area contributed by atoms with Crippen LogP contribution in [0.2, 0.25) is 0 Å². The molecule has 1 atom stereocenters. The van der Waals surface area contributed by atoms with E-state index in [1.54, 1.807) is 6.92 Å². The molecule has 54 valence electrons. The van der Waals surface area contributed by atoms with Crippen molar-refractivity contribution in [3.05, 3.63) is 0 Å². The molecule has 0 spiro atoms. The number of carbonyl (C=O) groups excluding carboxylic acids is 1. The van der Waals surface area contributed by atoms with Gasteiger partial charge in [0.25, 0.3) is 0 Å². The van der Waals surface area contributed by atoms with Crippen LogP contribution in [0.25, 0.3) is 0 Å². The molecule has 1 unspecified atom stereocenters. The second kappa shape index (κ2) is 4.29. The van der Waals surface area contributed by atoms with Crippen molar-refractivity contribution in [2.24, 2.45) is 0 Å². The number of hydroxylamine groups is 2. The molecule has 0 heterocycles. The Hall–Kier alpha value is -0.610. The number of hydrogen-bond acceptors (Lipinski definition) is 3. The van der Waals surface area contributed by atoms with E-state index in [-0.39, 0.29) is 12.6 Å². The smallest absolute Gasteiger partial charge is 0.233 e. The van der Waals surface area contributed by atoms with E-state index in [9.17, 15) is 4.79 Å². The van der Waals surface area contributed by atoms with Crippen LogP contribution in [0.5, 0.6) is 0 Å². The van der Waals surface area contributed by atoms with E-state index in [4.69, 9.17) is 10.3 Å². The average molecular weight is 133 g/mol. The third-order valence-corrected chi connectivity index (χ3v) is 1.11. The standard InChI is InChI=1S/C5H11NO3/c1-5(2-3-7)6(9)4-8/h4-5,7,9H,2-3H2,1H3. The highest BCUT2D eigenvalue weighted by molar-refractivity contribution is 5.45. The maximum Gasteiger partial charge on any atom is 0.233 e. The Balaban J connectivity index is 3.44. The van der Waals surface area contributed by atoms with Gasteiger partial charge in [-0.15, -0.1) is 0 Å². The van der Waals surface area contributed by atoms with E-state index >= 15 is 0 Å². The first-order valence-electron chi connectivity index (χ1n) is 2.75. The highest BCUT2D eigenvalue weighted by Crippen LogP contribution is 1.95. The monoisotopic (exact) mass is 133 g/mol. The van der Waals surface area contributed by atoms with Crippen molar-refractivity contribution < 1.29 is 15.1 Å². The SMILES string of the molecule is CC(CCO)N(O)C=O. The Labute approximate surface area is 53.7 Å². The molecule has 1 amide bonds. The van der Waals surface area contributed by atoms with Crippen LogP contribution in [0.4, 0.5) is 0 Å². The van der Waals surface area contributed by atoms with E-state index in [0.29, 0.717) is 17.9 Å². The molecule has 9 heavy (non-hydrogen) atoms. The van der Waals surface area contributed by atoms with Crippen molar-refractivity contribution >= 4 is 6.41 Å². The second-order valence-electron chi connectivity index (χ2n) is 1.85. The van der Waals surface area contributed by atoms with Gasteiger partial charge in [0.1, 0.15) is 0 Å². The summed E-state index contributed by atoms with van der Waals surface area (Å²) in [6.45, 7) is 1.62. The maximum atomic E-state index is 9.82. The first-order chi connectivity index (χ1) is 4.22. The Bertz CT molecular complexity index is 86.3. The minimum Gasteiger partial charge on any atom is -0.396 e. The van der Waals surface area contributed by atoms with Crippen LogP contribution < -0.4 is 0 Å². The van der Waals surface area contributed by atoms with Crippen LogP contribution >= 0.6 is 0 Å². The zero-order valence-electron chi connectivity index (χ0n) is 5.32. The number of carbonyl (C=O) groups is 1. The molecule has 4 heteroatoms. The van der Waals surface area contributed by atoms with Crippen LogP contribution in [-0.4, -0.2) is 34.4 Å². The van der Waals surface area contributed by atoms with E-state index in [1.165, 1.54) is 0 Å². The van der Waals surface area contributed by atoms with Gasteiger partial charge in [0.05, 0.1) is 6.04 Å². The minimum absolute atomic E-state index is 0.0218. The molecular formula is C5H11NO3. The van der Waals surface area contributed by atoms with Crippen molar-refractivity contribution in [1.29, 1.82) is 0 Å². The molecule has 2 N–H and O–H groups in total. The lowest BCUT2D eigenvalue weighted by Crippen LogP contribution is -2.28. The fraction of sp³-hybridized carbons (Fsp3) is 0.800. The second-order valence-corrected chi connectivity index (χ2v) is 1.85. The molecule has 0 radical (unpaired) electrons. The minimum atomic E-state index is -0.299. The summed E-state index contributed by atoms with van der Waals surface area (Å²) in [7, 11) is 0. The summed E-state index contributed by atoms with van der Waals surface area (Å²) in [5.41, 5.74) is 0. The van der Waals surface area contributed by atoms with Gasteiger partial charge in [-0.05, 0) is 13.3 Å². The van der Waals surface area contributed by atoms with Crippen LogP contribution in [0, 0.1) is 0 Å². The molecule has 4 nitrogen and oxygen atoms in total. The van der Waals surface area contributed by atoms with Gasteiger partial charge in [-0.25, -0.2) is 5.06 Å². The zero-order valence-corrected chi connectivity index (χ0v) is 5.32. The van der Waals surface area contributed by atoms with E-state index in [0.717, 1.165) is 0 Å². The third-order valence-electron chi connectivity index (χ3n) is 1.11. The van der Waals surface area contributed by atoms with Crippen molar-refractivity contribution in [2.75, 3.05) is 6.61 Å². The summed E-state index contributed by atoms with van der Waals surface area (Å²) < 4.78 is 0. The summed E-state index contributed by atoms with van der Waals surface area (Å²) in [6.07, 6.45) is 0.718. The number of rotatable bonds is 4. The number of hydrogen-bond donors (Lipinski definition) is 2. The normalized spacial score (nSPS) is 12.8. The van der Waals surface area contributed by atoms with Crippen molar-refractivity contribution in [3.8, 4) is 0 Å². The lowest BCUT2D eigenvalue weighted by Gasteiger charge is -2.15. The van der Waals surface area contributed by atoms with E-state index in [2.05, 4.69) is 0 Å². The van der Waals surface area contributed by atoms with Crippen LogP contribution in [0.3, 0.4) is 0 Å². The number of aliphatic hydroxyl groups excluding tert-OH is 1. The molecule has 0 aliphatic rings. The van der Waals surface area contributed by atoms with Gasteiger partial charge in [-0.3, -0.25) is 10.0 Å². The molecule has 0 fully saturated rings. The Morgan fingerprint density at radius 2 is 2.33 bits per heavy atom. The molecule has 0 aliphatic carbocycles. The molecule has 0 bridgehead atoms. The van der Waals surface area contributed by atoms with Crippen molar-refractivity contribution in [2.45, 2.75) is 19.4 Å². The molecule has 0 saturated heterocycles. The van der Waals surface area contributed by atoms with Gasteiger partial charge in [-0.2, -0.15) is 0 Å². The molecule has 0 aromatic carbocycles. The summed E-state index contributed by atoms with van der Waals surface area (Å²) in [5, 5.41) is 17.5. The van der Waals surface area contributed by atoms with Gasteiger partial charge in [-0.1, -0.05) is 0 Å². The first-order valence-corrected chi connectivity index (χ1v) is 2.75. The lowest BCUT2D eigenvalue weighted by atomic mass is 10.2. The Kier molecular flexibility index (Phi) is 4.00. The Morgan fingerprint density at radius 1 is 1.78 bits per heavy atom. The van der Waals surface area contributed by atoms with Crippen LogP contribution in [0.15, 0.2) is 0 Å². The van der Waals surface area contributed by atoms with Gasteiger partial charge in [0, 0.05) is 6.61 Å². The summed E-state index contributed by atoms with van der Waals surface area (Å²) in [4.78, 5) is 9.82. The van der Waals surface area contributed by atoms with E-state index < -0.39 is 0 Å². The third kappa shape index (κ3) is 3.05. The summed E-state index contributed by atoms with van der Waals surface area (Å²) in [6, 6.07) is -0.299. The average Bonchev–Trinajstić information content (AvgIpc) is 1.87. The fourth-order valence-electron chi connectivity index (χ4n) is 0.423. The lowest BCUT2D eigenvalue weighted by molar-refractivity contribution is -0.159. The predicted octanol–water partition coefficient (Wildman–Crippen LogP) is -0.395. The van der Waals surface area contributed by atoms with Crippen molar-refractivity contribution in [3.63, 3.8) is 0 Å². The molecule has 0 aromatic heterocycles. The Morgan fingerprint density at radius 3 is 2.67 bits per heavy atom. The van der Waals surface area contributed by atoms with Gasteiger partial charge in [0.15, 0.2) is 0 Å². The van der Waals surface area contributed by atoms with Crippen LogP contribution in [-0.2, 0) is 4.79 Å². The van der Waals surface area contributed by atoms with Gasteiger partial charge < -0.3 is 5.11 Å². The van der Waals surface area contributed by atoms with Gasteiger partial charge in [0.2, 0.25) is 6.41 Å². The molecule has 0 saturated carbocycles. The topological polar surface area (TPSA) is 60.8 Å².